The van der Waals surface area contributed by atoms with E-state index in [4.69, 9.17) is 0 Å². The summed E-state index contributed by atoms with van der Waals surface area (Å²) in [5, 5.41) is 12.3. The van der Waals surface area contributed by atoms with Gasteiger partial charge in [-0.25, -0.2) is 4.79 Å². The van der Waals surface area contributed by atoms with E-state index in [1.165, 1.54) is 0 Å². The molecule has 2 rings (SSSR count). The summed E-state index contributed by atoms with van der Waals surface area (Å²) in [5.74, 6) is -0.596. The fraction of sp³-hybridized carbons (Fsp3) is 0.867. The summed E-state index contributed by atoms with van der Waals surface area (Å²) >= 11 is 0. The fourth-order valence-corrected chi connectivity index (χ4v) is 3.38. The molecule has 20 heavy (non-hydrogen) atoms. The van der Waals surface area contributed by atoms with E-state index in [0.29, 0.717) is 12.3 Å². The van der Waals surface area contributed by atoms with E-state index in [-0.39, 0.29) is 12.1 Å². The highest BCUT2D eigenvalue weighted by molar-refractivity contribution is 5.77. The lowest BCUT2D eigenvalue weighted by Gasteiger charge is -2.26. The molecule has 0 aromatic heterocycles. The van der Waals surface area contributed by atoms with Gasteiger partial charge in [0.1, 0.15) is 0 Å². The number of carboxylic acid groups (broad SMARTS) is 1. The predicted molar refractivity (Wildman–Crippen MR) is 76.5 cm³/mol. The number of hydrogen-bond acceptors (Lipinski definition) is 2. The Bertz CT molecular complexity index is 359. The molecule has 2 N–H and O–H groups in total. The van der Waals surface area contributed by atoms with Crippen molar-refractivity contribution in [3.05, 3.63) is 0 Å². The van der Waals surface area contributed by atoms with Gasteiger partial charge in [0.15, 0.2) is 0 Å². The lowest BCUT2D eigenvalue weighted by atomic mass is 9.95. The van der Waals surface area contributed by atoms with Crippen molar-refractivity contribution in [1.29, 1.82) is 0 Å². The Balaban J connectivity index is 1.92. The smallest absolute Gasteiger partial charge is 0.317 e. The molecule has 1 heterocycles. The zero-order valence-electron chi connectivity index (χ0n) is 12.3. The van der Waals surface area contributed by atoms with Crippen LogP contribution >= 0.6 is 0 Å². The van der Waals surface area contributed by atoms with E-state index in [9.17, 15) is 14.7 Å². The molecule has 2 aliphatic rings. The molecule has 114 valence electrons. The van der Waals surface area contributed by atoms with Crippen LogP contribution in [-0.4, -0.2) is 41.1 Å². The van der Waals surface area contributed by atoms with Crippen molar-refractivity contribution < 1.29 is 14.7 Å². The number of likely N-dealkylation sites (tertiary alicyclic amines) is 1. The Hall–Kier alpha value is -1.26. The summed E-state index contributed by atoms with van der Waals surface area (Å²) in [4.78, 5) is 25.5. The van der Waals surface area contributed by atoms with E-state index in [0.717, 1.165) is 51.6 Å². The Kier molecular flexibility index (Phi) is 5.26. The molecule has 1 saturated carbocycles. The minimum absolute atomic E-state index is 0.0703. The largest absolute Gasteiger partial charge is 0.481 e. The number of nitrogens with zero attached hydrogens (tertiary/aromatic N) is 1. The highest BCUT2D eigenvalue weighted by atomic mass is 16.4. The Labute approximate surface area is 120 Å². The van der Waals surface area contributed by atoms with E-state index >= 15 is 0 Å². The Morgan fingerprint density at radius 3 is 2.60 bits per heavy atom. The number of carbonyl (C=O) groups excluding carboxylic acids is 1. The third-order valence-electron chi connectivity index (χ3n) is 4.79. The SMILES string of the molecule is CCC1CCN(C(=O)NC2CCCCCC2C(=O)O)C1. The highest BCUT2D eigenvalue weighted by Crippen LogP contribution is 2.25. The lowest BCUT2D eigenvalue weighted by Crippen LogP contribution is -2.48. The van der Waals surface area contributed by atoms with Crippen molar-refractivity contribution in [2.45, 2.75) is 57.9 Å². The van der Waals surface area contributed by atoms with Crippen LogP contribution in [-0.2, 0) is 4.79 Å². The second kappa shape index (κ2) is 6.95. The molecule has 2 fully saturated rings. The van der Waals surface area contributed by atoms with Gasteiger partial charge in [0.25, 0.3) is 0 Å². The summed E-state index contributed by atoms with van der Waals surface area (Å²) in [6.07, 6.45) is 6.66. The second-order valence-corrected chi connectivity index (χ2v) is 6.15. The minimum Gasteiger partial charge on any atom is -0.481 e. The summed E-state index contributed by atoms with van der Waals surface area (Å²) in [6.45, 7) is 3.76. The molecular formula is C15H26N2O3. The first-order valence-corrected chi connectivity index (χ1v) is 7.90. The number of carbonyl (C=O) groups is 2. The molecule has 0 radical (unpaired) electrons. The molecule has 1 aliphatic carbocycles. The maximum atomic E-state index is 12.3. The zero-order valence-corrected chi connectivity index (χ0v) is 12.3. The summed E-state index contributed by atoms with van der Waals surface area (Å²) in [5.41, 5.74) is 0. The number of aliphatic carboxylic acids is 1. The quantitative estimate of drug-likeness (QED) is 0.781. The molecular weight excluding hydrogens is 256 g/mol. The molecule has 0 spiro atoms. The van der Waals surface area contributed by atoms with E-state index in [2.05, 4.69) is 12.2 Å². The summed E-state index contributed by atoms with van der Waals surface area (Å²) < 4.78 is 0. The number of rotatable bonds is 3. The van der Waals surface area contributed by atoms with Gasteiger partial charge in [0.2, 0.25) is 0 Å². The van der Waals surface area contributed by atoms with Crippen LogP contribution in [0.25, 0.3) is 0 Å². The van der Waals surface area contributed by atoms with Crippen LogP contribution in [0, 0.1) is 11.8 Å². The van der Waals surface area contributed by atoms with Crippen molar-refractivity contribution in [3.8, 4) is 0 Å². The zero-order chi connectivity index (χ0) is 14.5. The molecule has 3 atom stereocenters. The van der Waals surface area contributed by atoms with Gasteiger partial charge in [0, 0.05) is 19.1 Å². The third-order valence-corrected chi connectivity index (χ3v) is 4.79. The minimum atomic E-state index is -0.773. The maximum Gasteiger partial charge on any atom is 0.317 e. The number of hydrogen-bond donors (Lipinski definition) is 2. The maximum absolute atomic E-state index is 12.3. The predicted octanol–water partition coefficient (Wildman–Crippen LogP) is 2.46. The molecule has 0 bridgehead atoms. The highest BCUT2D eigenvalue weighted by Gasteiger charge is 2.33. The number of carboxylic acids is 1. The molecule has 5 heteroatoms. The molecule has 0 aromatic rings. The summed E-state index contributed by atoms with van der Waals surface area (Å²) in [6, 6.07) is -0.276. The van der Waals surface area contributed by atoms with Gasteiger partial charge in [-0.05, 0) is 25.2 Å². The van der Waals surface area contributed by atoms with Crippen molar-refractivity contribution in [1.82, 2.24) is 10.2 Å². The van der Waals surface area contributed by atoms with Crippen molar-refractivity contribution in [2.75, 3.05) is 13.1 Å². The van der Waals surface area contributed by atoms with Crippen LogP contribution in [0.15, 0.2) is 0 Å². The van der Waals surface area contributed by atoms with E-state index in [1.807, 2.05) is 4.90 Å². The lowest BCUT2D eigenvalue weighted by molar-refractivity contribution is -0.142. The van der Waals surface area contributed by atoms with Crippen molar-refractivity contribution >= 4 is 12.0 Å². The third kappa shape index (κ3) is 3.64. The Morgan fingerprint density at radius 2 is 1.95 bits per heavy atom. The van der Waals surface area contributed by atoms with Gasteiger partial charge in [-0.2, -0.15) is 0 Å². The van der Waals surface area contributed by atoms with Gasteiger partial charge in [-0.3, -0.25) is 4.79 Å². The molecule has 1 aliphatic heterocycles. The number of nitrogens with one attached hydrogen (secondary N) is 1. The van der Waals surface area contributed by atoms with Crippen LogP contribution in [0.5, 0.6) is 0 Å². The van der Waals surface area contributed by atoms with Crippen LogP contribution in [0.2, 0.25) is 0 Å². The number of amides is 2. The first kappa shape index (κ1) is 15.1. The first-order valence-electron chi connectivity index (χ1n) is 7.90. The molecule has 3 unspecified atom stereocenters. The average molecular weight is 282 g/mol. The van der Waals surface area contributed by atoms with Crippen molar-refractivity contribution in [3.63, 3.8) is 0 Å². The average Bonchev–Trinajstić information content (AvgIpc) is 2.79. The van der Waals surface area contributed by atoms with E-state index < -0.39 is 11.9 Å². The molecule has 2 amide bonds. The fourth-order valence-electron chi connectivity index (χ4n) is 3.38. The number of urea groups is 1. The van der Waals surface area contributed by atoms with Crippen molar-refractivity contribution in [2.24, 2.45) is 11.8 Å². The van der Waals surface area contributed by atoms with E-state index in [1.54, 1.807) is 0 Å². The van der Waals surface area contributed by atoms with Crippen LogP contribution in [0.4, 0.5) is 4.79 Å². The summed E-state index contributed by atoms with van der Waals surface area (Å²) in [7, 11) is 0. The Morgan fingerprint density at radius 1 is 1.20 bits per heavy atom. The molecule has 1 saturated heterocycles. The molecule has 5 nitrogen and oxygen atoms in total. The van der Waals surface area contributed by atoms with Gasteiger partial charge in [0.05, 0.1) is 5.92 Å². The van der Waals surface area contributed by atoms with Crippen LogP contribution < -0.4 is 5.32 Å². The molecule has 0 aromatic carbocycles. The van der Waals surface area contributed by atoms with Gasteiger partial charge in [-0.15, -0.1) is 0 Å². The van der Waals surface area contributed by atoms with Gasteiger partial charge in [-0.1, -0.05) is 32.6 Å². The second-order valence-electron chi connectivity index (χ2n) is 6.15. The standard InChI is InChI=1S/C15H26N2O3/c1-2-11-8-9-17(10-11)15(20)16-13-7-5-3-4-6-12(13)14(18)19/h11-13H,2-10H2,1H3,(H,16,20)(H,18,19). The van der Waals surface area contributed by atoms with Crippen LogP contribution in [0.1, 0.15) is 51.9 Å². The normalized spacial score (nSPS) is 30.9. The monoisotopic (exact) mass is 282 g/mol. The van der Waals surface area contributed by atoms with Crippen LogP contribution in [0.3, 0.4) is 0 Å². The topological polar surface area (TPSA) is 69.6 Å². The van der Waals surface area contributed by atoms with Gasteiger partial charge >= 0.3 is 12.0 Å². The first-order chi connectivity index (χ1) is 9.61. The van der Waals surface area contributed by atoms with Gasteiger partial charge < -0.3 is 15.3 Å².